The Balaban J connectivity index is 1.94. The van der Waals surface area contributed by atoms with Crippen LogP contribution in [0.1, 0.15) is 29.0 Å². The van der Waals surface area contributed by atoms with E-state index in [-0.39, 0.29) is 11.8 Å². The van der Waals surface area contributed by atoms with Gasteiger partial charge in [-0.1, -0.05) is 59.3 Å². The van der Waals surface area contributed by atoms with Crippen molar-refractivity contribution < 1.29 is 14.6 Å². The number of hydrogen-bond acceptors (Lipinski definition) is 5. The molecule has 1 heterocycles. The molecule has 1 N–H and O–H groups in total. The van der Waals surface area contributed by atoms with E-state index in [9.17, 15) is 4.79 Å². The Kier molecular flexibility index (Phi) is 7.72. The molecule has 1 atom stereocenters. The fourth-order valence-corrected chi connectivity index (χ4v) is 4.45. The zero-order valence-corrected chi connectivity index (χ0v) is 18.3. The topological polar surface area (TPSA) is 62.7 Å². The second kappa shape index (κ2) is 10.3. The average molecular weight is 453 g/mol. The summed E-state index contributed by atoms with van der Waals surface area (Å²) in [6.07, 6.45) is 4.54. The number of halogens is 2. The van der Waals surface area contributed by atoms with Gasteiger partial charge in [-0.3, -0.25) is 4.79 Å². The highest BCUT2D eigenvalue weighted by Gasteiger charge is 2.22. The van der Waals surface area contributed by atoms with Gasteiger partial charge in [0.25, 0.3) is 0 Å². The fraction of sp³-hybridized carbons (Fsp3) is 0.333. The quantitative estimate of drug-likeness (QED) is 0.523. The van der Waals surface area contributed by atoms with Crippen molar-refractivity contribution in [3.05, 3.63) is 63.7 Å². The zero-order chi connectivity index (χ0) is 20.8. The minimum absolute atomic E-state index is 0.0315. The molecule has 0 amide bonds. The first-order valence-corrected chi connectivity index (χ1v) is 10.8. The Labute approximate surface area is 184 Å². The van der Waals surface area contributed by atoms with Gasteiger partial charge in [0.2, 0.25) is 0 Å². The number of carboxylic acids is 1. The van der Waals surface area contributed by atoms with Crippen LogP contribution in [0.4, 0.5) is 5.13 Å². The first-order valence-electron chi connectivity index (χ1n) is 9.19. The number of carbonyl (C=O) groups is 1. The summed E-state index contributed by atoms with van der Waals surface area (Å²) < 4.78 is 5.37. The number of benzene rings is 1. The molecule has 154 valence electrons. The van der Waals surface area contributed by atoms with Gasteiger partial charge in [-0.2, -0.15) is 0 Å². The van der Waals surface area contributed by atoms with Crippen LogP contribution < -0.4 is 4.90 Å². The Bertz CT molecular complexity index is 912. The number of hydrogen-bond donors (Lipinski definition) is 1. The summed E-state index contributed by atoms with van der Waals surface area (Å²) >= 11 is 14.0. The molecular weight excluding hydrogens is 431 g/mol. The van der Waals surface area contributed by atoms with Gasteiger partial charge in [0.05, 0.1) is 29.0 Å². The number of ether oxygens (including phenoxy) is 1. The van der Waals surface area contributed by atoms with Crippen LogP contribution in [0.25, 0.3) is 5.57 Å². The van der Waals surface area contributed by atoms with Crippen LogP contribution in [0, 0.1) is 0 Å². The predicted molar refractivity (Wildman–Crippen MR) is 119 cm³/mol. The molecule has 0 spiro atoms. The monoisotopic (exact) mass is 452 g/mol. The standard InChI is InChI=1S/C21H22Cl2N2O3S/c1-28-13-18-20(15-7-8-16(22)17(23)11-15)24-21(29-18)25(10-9-19(26)27)12-14-5-3-2-4-6-14/h2-7,11,16H,8-10,12-13H2,1H3,(H,26,27). The molecule has 0 radical (unpaired) electrons. The van der Waals surface area contributed by atoms with Crippen LogP contribution in [0.5, 0.6) is 0 Å². The largest absolute Gasteiger partial charge is 0.481 e. The zero-order valence-electron chi connectivity index (χ0n) is 16.0. The molecule has 5 nitrogen and oxygen atoms in total. The van der Waals surface area contributed by atoms with Gasteiger partial charge in [-0.05, 0) is 23.6 Å². The molecule has 1 aromatic heterocycles. The van der Waals surface area contributed by atoms with Crippen molar-refractivity contribution >= 4 is 51.2 Å². The number of allylic oxidation sites excluding steroid dienone is 4. The van der Waals surface area contributed by atoms with E-state index in [0.29, 0.717) is 31.1 Å². The Morgan fingerprint density at radius 2 is 2.14 bits per heavy atom. The number of anilines is 1. The van der Waals surface area contributed by atoms with Gasteiger partial charge >= 0.3 is 5.97 Å². The van der Waals surface area contributed by atoms with Crippen LogP contribution in [-0.4, -0.2) is 35.1 Å². The van der Waals surface area contributed by atoms with Crippen molar-refractivity contribution in [2.24, 2.45) is 0 Å². The molecule has 2 aromatic rings. The lowest BCUT2D eigenvalue weighted by atomic mass is 10.0. The van der Waals surface area contributed by atoms with Crippen molar-refractivity contribution in [3.63, 3.8) is 0 Å². The molecule has 1 unspecified atom stereocenters. The maximum Gasteiger partial charge on any atom is 0.305 e. The van der Waals surface area contributed by atoms with Gasteiger partial charge in [-0.15, -0.1) is 11.6 Å². The van der Waals surface area contributed by atoms with E-state index in [0.717, 1.165) is 26.8 Å². The van der Waals surface area contributed by atoms with Crippen LogP contribution in [-0.2, 0) is 22.7 Å². The number of aromatic nitrogens is 1. The van der Waals surface area contributed by atoms with Crippen LogP contribution >= 0.6 is 34.5 Å². The first kappa shape index (κ1) is 21.8. The summed E-state index contributed by atoms with van der Waals surface area (Å²) in [4.78, 5) is 19.0. The third kappa shape index (κ3) is 5.82. The number of nitrogens with zero attached hydrogens (tertiary/aromatic N) is 2. The smallest absolute Gasteiger partial charge is 0.305 e. The maximum absolute atomic E-state index is 11.2. The van der Waals surface area contributed by atoms with Gasteiger partial charge in [0, 0.05) is 25.2 Å². The predicted octanol–water partition coefficient (Wildman–Crippen LogP) is 5.29. The van der Waals surface area contributed by atoms with Crippen molar-refractivity contribution in [2.45, 2.75) is 31.4 Å². The minimum Gasteiger partial charge on any atom is -0.481 e. The molecule has 1 aliphatic rings. The molecular formula is C21H22Cl2N2O3S. The SMILES string of the molecule is COCc1sc(N(CCC(=O)O)Cc2ccccc2)nc1C1=CCC(Cl)C(Cl)=C1. The Morgan fingerprint density at radius 3 is 2.79 bits per heavy atom. The summed E-state index contributed by atoms with van der Waals surface area (Å²) in [6.45, 7) is 1.36. The van der Waals surface area contributed by atoms with Crippen LogP contribution in [0.3, 0.4) is 0 Å². The number of carboxylic acid groups (broad SMARTS) is 1. The normalized spacial score (nSPS) is 16.3. The highest BCUT2D eigenvalue weighted by molar-refractivity contribution is 7.15. The molecule has 0 bridgehead atoms. The molecule has 8 heteroatoms. The summed E-state index contributed by atoms with van der Waals surface area (Å²) in [5.41, 5.74) is 2.81. The van der Waals surface area contributed by atoms with E-state index in [2.05, 4.69) is 0 Å². The third-order valence-corrected chi connectivity index (χ3v) is 6.44. The van der Waals surface area contributed by atoms with Crippen LogP contribution in [0.2, 0.25) is 0 Å². The lowest BCUT2D eigenvalue weighted by Crippen LogP contribution is -2.25. The summed E-state index contributed by atoms with van der Waals surface area (Å²) in [7, 11) is 1.64. The lowest BCUT2D eigenvalue weighted by molar-refractivity contribution is -0.136. The molecule has 29 heavy (non-hydrogen) atoms. The van der Waals surface area contributed by atoms with E-state index in [1.54, 1.807) is 7.11 Å². The van der Waals surface area contributed by atoms with Gasteiger partial charge in [-0.25, -0.2) is 4.98 Å². The van der Waals surface area contributed by atoms with Crippen LogP contribution in [0.15, 0.2) is 47.5 Å². The van der Waals surface area contributed by atoms with Gasteiger partial charge in [0.15, 0.2) is 5.13 Å². The second-order valence-corrected chi connectivity index (χ2v) is 8.67. The molecule has 0 saturated carbocycles. The van der Waals surface area contributed by atoms with Crippen molar-refractivity contribution in [3.8, 4) is 0 Å². The highest BCUT2D eigenvalue weighted by Crippen LogP contribution is 2.36. The molecule has 0 fully saturated rings. The number of rotatable bonds is 9. The first-order chi connectivity index (χ1) is 14.0. The summed E-state index contributed by atoms with van der Waals surface area (Å²) in [5.74, 6) is -0.838. The second-order valence-electron chi connectivity index (χ2n) is 6.64. The van der Waals surface area contributed by atoms with Gasteiger partial charge in [0.1, 0.15) is 0 Å². The highest BCUT2D eigenvalue weighted by atomic mass is 35.5. The minimum atomic E-state index is -0.838. The van der Waals surface area contributed by atoms with E-state index < -0.39 is 5.97 Å². The maximum atomic E-state index is 11.2. The number of alkyl halides is 1. The number of methoxy groups -OCH3 is 1. The molecule has 0 saturated heterocycles. The molecule has 1 aromatic carbocycles. The molecule has 1 aliphatic carbocycles. The van der Waals surface area contributed by atoms with Crippen molar-refractivity contribution in [1.82, 2.24) is 4.98 Å². The van der Waals surface area contributed by atoms with E-state index in [1.165, 1.54) is 11.3 Å². The average Bonchev–Trinajstić information content (AvgIpc) is 3.12. The fourth-order valence-electron chi connectivity index (χ4n) is 3.01. The lowest BCUT2D eigenvalue weighted by Gasteiger charge is -2.21. The third-order valence-electron chi connectivity index (χ3n) is 4.45. The number of thiazole rings is 1. The van der Waals surface area contributed by atoms with E-state index in [1.807, 2.05) is 47.4 Å². The molecule has 0 aliphatic heterocycles. The Hall–Kier alpha value is -1.86. The summed E-state index contributed by atoms with van der Waals surface area (Å²) in [5, 5.41) is 10.3. The van der Waals surface area contributed by atoms with E-state index >= 15 is 0 Å². The molecule has 3 rings (SSSR count). The van der Waals surface area contributed by atoms with Crippen molar-refractivity contribution in [2.75, 3.05) is 18.6 Å². The number of aliphatic carboxylic acids is 1. The van der Waals surface area contributed by atoms with Gasteiger partial charge < -0.3 is 14.7 Å². The summed E-state index contributed by atoms with van der Waals surface area (Å²) in [6, 6.07) is 9.93. The van der Waals surface area contributed by atoms with Crippen molar-refractivity contribution in [1.29, 1.82) is 0 Å². The Morgan fingerprint density at radius 1 is 1.38 bits per heavy atom. The van der Waals surface area contributed by atoms with E-state index in [4.69, 9.17) is 38.0 Å².